The number of rotatable bonds is 8. The molecule has 3 rings (SSSR count). The number of aromatic nitrogens is 1. The minimum absolute atomic E-state index is 0.0243. The number of hydrogen-bond acceptors (Lipinski definition) is 6. The number of nitrogens with zero attached hydrogens (tertiary/aromatic N) is 1. The summed E-state index contributed by atoms with van der Waals surface area (Å²) in [5.41, 5.74) is 2.67. The van der Waals surface area contributed by atoms with Crippen LogP contribution in [0.1, 0.15) is 65.1 Å². The van der Waals surface area contributed by atoms with Crippen molar-refractivity contribution in [2.45, 2.75) is 63.3 Å². The summed E-state index contributed by atoms with van der Waals surface area (Å²) in [5, 5.41) is 21.9. The molecule has 176 valence electrons. The molecule has 1 aliphatic rings. The minimum atomic E-state index is -1.23. The predicted octanol–water partition coefficient (Wildman–Crippen LogP) is 7.32. The van der Waals surface area contributed by atoms with E-state index >= 15 is 0 Å². The standard InChI is InChI=1S/C25H30FN3O2S2/c1-14(2)32-23-20(16-9-11-25(4,5)12-10-16)28-24(33-23)29-21(22(30)31)19(15(3)27)17-7-6-8-18(26)13-17/h6-9,13-14,27H,10-12H2,1-5H3,(H,28,29)(H,30,31)/b21-19+,27-15?. The van der Waals surface area contributed by atoms with Gasteiger partial charge in [-0.3, -0.25) is 0 Å². The zero-order valence-corrected chi connectivity index (χ0v) is 21.2. The summed E-state index contributed by atoms with van der Waals surface area (Å²) in [6.07, 6.45) is 5.23. The number of allylic oxidation sites excluding steroid dienone is 3. The SMILES string of the molecule is CC(=N)/C(=C(\Nc1nc(C2=CCC(C)(C)CC2)c(SC(C)C)s1)C(=O)O)c1cccc(F)c1. The summed E-state index contributed by atoms with van der Waals surface area (Å²) in [7, 11) is 0. The fourth-order valence-electron chi connectivity index (χ4n) is 3.67. The first-order valence-electron chi connectivity index (χ1n) is 10.9. The molecule has 0 saturated heterocycles. The lowest BCUT2D eigenvalue weighted by Gasteiger charge is -2.28. The average Bonchev–Trinajstić information content (AvgIpc) is 3.08. The number of hydrogen-bond donors (Lipinski definition) is 3. The Balaban J connectivity index is 2.06. The minimum Gasteiger partial charge on any atom is -0.477 e. The summed E-state index contributed by atoms with van der Waals surface area (Å²) < 4.78 is 14.9. The van der Waals surface area contributed by atoms with Gasteiger partial charge in [-0.15, -0.1) is 11.8 Å². The van der Waals surface area contributed by atoms with Crippen LogP contribution in [0.4, 0.5) is 9.52 Å². The van der Waals surface area contributed by atoms with Crippen LogP contribution in [-0.4, -0.2) is 27.0 Å². The van der Waals surface area contributed by atoms with Gasteiger partial charge >= 0.3 is 5.97 Å². The number of thioether (sulfide) groups is 1. The maximum atomic E-state index is 13.8. The van der Waals surface area contributed by atoms with Crippen molar-refractivity contribution in [3.63, 3.8) is 0 Å². The zero-order chi connectivity index (χ0) is 24.3. The molecule has 0 spiro atoms. The fraction of sp³-hybridized carbons (Fsp3) is 0.400. The van der Waals surface area contributed by atoms with E-state index in [0.29, 0.717) is 15.9 Å². The van der Waals surface area contributed by atoms with Crippen molar-refractivity contribution in [3.8, 4) is 0 Å². The molecule has 5 nitrogen and oxygen atoms in total. The number of anilines is 1. The van der Waals surface area contributed by atoms with E-state index in [0.717, 1.165) is 29.2 Å². The Hall–Kier alpha value is -2.45. The third kappa shape index (κ3) is 6.32. The Morgan fingerprint density at radius 2 is 2.09 bits per heavy atom. The molecule has 0 unspecified atom stereocenters. The number of thiazole rings is 1. The topological polar surface area (TPSA) is 86.1 Å². The van der Waals surface area contributed by atoms with Crippen LogP contribution in [0.5, 0.6) is 0 Å². The smallest absolute Gasteiger partial charge is 0.353 e. The monoisotopic (exact) mass is 487 g/mol. The van der Waals surface area contributed by atoms with E-state index in [9.17, 15) is 14.3 Å². The molecule has 2 aromatic rings. The summed E-state index contributed by atoms with van der Waals surface area (Å²) in [4.78, 5) is 17.0. The second kappa shape index (κ2) is 10.2. The second-order valence-electron chi connectivity index (χ2n) is 9.23. The number of aliphatic carboxylic acids is 1. The highest BCUT2D eigenvalue weighted by Crippen LogP contribution is 2.44. The van der Waals surface area contributed by atoms with Gasteiger partial charge in [0.15, 0.2) is 5.13 Å². The summed E-state index contributed by atoms with van der Waals surface area (Å²) in [6.45, 7) is 10.2. The summed E-state index contributed by atoms with van der Waals surface area (Å²) in [5.74, 6) is -1.72. The molecular weight excluding hydrogens is 457 g/mol. The van der Waals surface area contributed by atoms with Gasteiger partial charge in [0.1, 0.15) is 11.5 Å². The molecule has 0 atom stereocenters. The fourth-order valence-corrected chi connectivity index (χ4v) is 6.13. The van der Waals surface area contributed by atoms with E-state index in [1.807, 2.05) is 0 Å². The lowest BCUT2D eigenvalue weighted by atomic mass is 9.78. The van der Waals surface area contributed by atoms with Crippen molar-refractivity contribution in [1.29, 1.82) is 5.41 Å². The van der Waals surface area contributed by atoms with E-state index in [1.54, 1.807) is 17.8 Å². The van der Waals surface area contributed by atoms with E-state index in [4.69, 9.17) is 10.4 Å². The predicted molar refractivity (Wildman–Crippen MR) is 137 cm³/mol. The van der Waals surface area contributed by atoms with Gasteiger partial charge in [0.25, 0.3) is 0 Å². The number of carboxylic acids is 1. The quantitative estimate of drug-likeness (QED) is 0.206. The summed E-state index contributed by atoms with van der Waals surface area (Å²) in [6, 6.07) is 5.63. The van der Waals surface area contributed by atoms with Gasteiger partial charge in [-0.1, -0.05) is 57.2 Å². The van der Waals surface area contributed by atoms with Crippen LogP contribution >= 0.6 is 23.1 Å². The van der Waals surface area contributed by atoms with Crippen LogP contribution < -0.4 is 5.32 Å². The first kappa shape index (κ1) is 25.2. The number of carbonyl (C=O) groups is 1. The van der Waals surface area contributed by atoms with Crippen molar-refractivity contribution >= 4 is 51.1 Å². The van der Waals surface area contributed by atoms with Crippen LogP contribution in [0, 0.1) is 16.6 Å². The lowest BCUT2D eigenvalue weighted by molar-refractivity contribution is -0.132. The van der Waals surface area contributed by atoms with Crippen molar-refractivity contribution in [2.24, 2.45) is 5.41 Å². The number of halogens is 1. The first-order chi connectivity index (χ1) is 15.5. The van der Waals surface area contributed by atoms with Crippen molar-refractivity contribution in [3.05, 3.63) is 53.1 Å². The Bertz CT molecular complexity index is 1130. The molecule has 0 fully saturated rings. The molecule has 1 aliphatic carbocycles. The normalized spacial score (nSPS) is 16.3. The van der Waals surface area contributed by atoms with Gasteiger partial charge in [-0.25, -0.2) is 14.2 Å². The molecule has 0 aliphatic heterocycles. The maximum Gasteiger partial charge on any atom is 0.353 e. The van der Waals surface area contributed by atoms with Crippen molar-refractivity contribution in [1.82, 2.24) is 4.98 Å². The number of carboxylic acid groups (broad SMARTS) is 1. The Morgan fingerprint density at radius 1 is 1.36 bits per heavy atom. The van der Waals surface area contributed by atoms with E-state index in [-0.39, 0.29) is 22.4 Å². The Morgan fingerprint density at radius 3 is 2.64 bits per heavy atom. The maximum absolute atomic E-state index is 13.8. The van der Waals surface area contributed by atoms with E-state index < -0.39 is 11.8 Å². The van der Waals surface area contributed by atoms with Crippen LogP contribution in [0.3, 0.4) is 0 Å². The molecule has 8 heteroatoms. The molecule has 1 aromatic heterocycles. The van der Waals surface area contributed by atoms with E-state index in [2.05, 4.69) is 39.1 Å². The van der Waals surface area contributed by atoms with Gasteiger partial charge in [0.2, 0.25) is 0 Å². The Kier molecular flexibility index (Phi) is 7.80. The highest BCUT2D eigenvalue weighted by Gasteiger charge is 2.26. The number of benzene rings is 1. The molecule has 0 saturated carbocycles. The van der Waals surface area contributed by atoms with Crippen LogP contribution in [0.25, 0.3) is 11.1 Å². The van der Waals surface area contributed by atoms with Gasteiger partial charge in [0, 0.05) is 16.5 Å². The van der Waals surface area contributed by atoms with Gasteiger partial charge < -0.3 is 15.8 Å². The van der Waals surface area contributed by atoms with Gasteiger partial charge in [-0.05, 0) is 54.9 Å². The van der Waals surface area contributed by atoms with Gasteiger partial charge in [0.05, 0.1) is 9.90 Å². The lowest BCUT2D eigenvalue weighted by Crippen LogP contribution is -2.16. The molecule has 3 N–H and O–H groups in total. The third-order valence-corrected chi connectivity index (χ3v) is 7.58. The summed E-state index contributed by atoms with van der Waals surface area (Å²) >= 11 is 3.12. The molecule has 1 aromatic carbocycles. The average molecular weight is 488 g/mol. The molecule has 0 radical (unpaired) electrons. The van der Waals surface area contributed by atoms with Gasteiger partial charge in [-0.2, -0.15) is 0 Å². The van der Waals surface area contributed by atoms with Crippen LogP contribution in [-0.2, 0) is 4.79 Å². The number of nitrogens with one attached hydrogen (secondary N) is 2. The second-order valence-corrected chi connectivity index (χ2v) is 12.1. The first-order valence-corrected chi connectivity index (χ1v) is 12.6. The van der Waals surface area contributed by atoms with Crippen LogP contribution in [0.15, 0.2) is 40.2 Å². The zero-order valence-electron chi connectivity index (χ0n) is 19.6. The molecule has 1 heterocycles. The molecular formula is C25H30FN3O2S2. The highest BCUT2D eigenvalue weighted by atomic mass is 32.2. The molecule has 0 amide bonds. The Labute approximate surface area is 202 Å². The molecule has 33 heavy (non-hydrogen) atoms. The van der Waals surface area contributed by atoms with Crippen LogP contribution in [0.2, 0.25) is 0 Å². The van der Waals surface area contributed by atoms with E-state index in [1.165, 1.54) is 42.0 Å². The van der Waals surface area contributed by atoms with Crippen molar-refractivity contribution < 1.29 is 14.3 Å². The third-order valence-electron chi connectivity index (χ3n) is 5.40. The van der Waals surface area contributed by atoms with Crippen molar-refractivity contribution in [2.75, 3.05) is 5.32 Å². The highest BCUT2D eigenvalue weighted by molar-refractivity contribution is 8.01. The largest absolute Gasteiger partial charge is 0.477 e. The molecule has 0 bridgehead atoms.